The second-order valence-electron chi connectivity index (χ2n) is 6.65. The van der Waals surface area contributed by atoms with Crippen molar-refractivity contribution in [1.29, 1.82) is 5.26 Å². The predicted molar refractivity (Wildman–Crippen MR) is 108 cm³/mol. The van der Waals surface area contributed by atoms with Crippen LogP contribution < -0.4 is 5.32 Å². The Kier molecular flexibility index (Phi) is 5.35. The van der Waals surface area contributed by atoms with E-state index >= 15 is 4.39 Å². The van der Waals surface area contributed by atoms with Gasteiger partial charge in [-0.2, -0.15) is 5.26 Å². The summed E-state index contributed by atoms with van der Waals surface area (Å²) in [5, 5.41) is 11.2. The number of halogens is 3. The molecular formula is C23H11F3N4O2. The van der Waals surface area contributed by atoms with Gasteiger partial charge in [0.05, 0.1) is 28.5 Å². The predicted octanol–water partition coefficient (Wildman–Crippen LogP) is 4.40. The molecule has 1 N–H and O–H groups in total. The van der Waals surface area contributed by atoms with Gasteiger partial charge in [0.25, 0.3) is 5.91 Å². The van der Waals surface area contributed by atoms with Crippen molar-refractivity contribution in [2.24, 2.45) is 0 Å². The number of carbonyl (C=O) groups is 2. The molecule has 156 valence electrons. The third kappa shape index (κ3) is 3.89. The second kappa shape index (κ2) is 8.28. The molecule has 0 radical (unpaired) electrons. The second-order valence-corrected chi connectivity index (χ2v) is 6.65. The van der Waals surface area contributed by atoms with Crippen molar-refractivity contribution in [1.82, 2.24) is 9.97 Å². The quantitative estimate of drug-likeness (QED) is 0.482. The lowest BCUT2D eigenvalue weighted by atomic mass is 10.0. The maximum Gasteiger partial charge on any atom is 0.255 e. The van der Waals surface area contributed by atoms with Gasteiger partial charge in [0, 0.05) is 11.1 Å². The molecule has 0 unspecified atom stereocenters. The minimum absolute atomic E-state index is 0.0153. The van der Waals surface area contributed by atoms with Crippen LogP contribution in [-0.4, -0.2) is 21.7 Å². The van der Waals surface area contributed by atoms with E-state index in [-0.39, 0.29) is 22.3 Å². The molecule has 0 aliphatic heterocycles. The van der Waals surface area contributed by atoms with Gasteiger partial charge in [-0.25, -0.2) is 18.2 Å². The number of nitrogens with one attached hydrogen (secondary N) is 1. The summed E-state index contributed by atoms with van der Waals surface area (Å²) in [6, 6.07) is 12.4. The number of amides is 1. The molecule has 0 saturated carbocycles. The Hall–Kier alpha value is -4.58. The molecular weight excluding hydrogens is 421 g/mol. The Morgan fingerprint density at radius 1 is 0.938 bits per heavy atom. The molecule has 1 aromatic heterocycles. The normalized spacial score (nSPS) is 10.6. The van der Waals surface area contributed by atoms with Crippen LogP contribution in [0.4, 0.5) is 18.9 Å². The molecule has 0 spiro atoms. The number of ketones is 1. The third-order valence-corrected chi connectivity index (χ3v) is 4.57. The van der Waals surface area contributed by atoms with E-state index in [4.69, 9.17) is 5.26 Å². The van der Waals surface area contributed by atoms with Gasteiger partial charge in [-0.1, -0.05) is 6.07 Å². The molecule has 0 saturated heterocycles. The van der Waals surface area contributed by atoms with Gasteiger partial charge in [0.15, 0.2) is 17.3 Å². The largest absolute Gasteiger partial charge is 0.319 e. The van der Waals surface area contributed by atoms with E-state index in [1.54, 1.807) is 0 Å². The first kappa shape index (κ1) is 20.7. The van der Waals surface area contributed by atoms with Crippen LogP contribution in [0.1, 0.15) is 32.0 Å². The third-order valence-electron chi connectivity index (χ3n) is 4.57. The van der Waals surface area contributed by atoms with Crippen LogP contribution in [0.5, 0.6) is 0 Å². The summed E-state index contributed by atoms with van der Waals surface area (Å²) in [7, 11) is 0. The summed E-state index contributed by atoms with van der Waals surface area (Å²) in [4.78, 5) is 33.2. The topological polar surface area (TPSA) is 95.7 Å². The van der Waals surface area contributed by atoms with Crippen LogP contribution in [0.25, 0.3) is 11.0 Å². The van der Waals surface area contributed by atoms with E-state index in [2.05, 4.69) is 15.3 Å². The lowest BCUT2D eigenvalue weighted by Crippen LogP contribution is -2.16. The number of anilines is 1. The van der Waals surface area contributed by atoms with Gasteiger partial charge >= 0.3 is 0 Å². The molecule has 0 aliphatic carbocycles. The minimum atomic E-state index is -1.28. The van der Waals surface area contributed by atoms with E-state index in [1.165, 1.54) is 36.5 Å². The Morgan fingerprint density at radius 3 is 2.50 bits per heavy atom. The first-order valence-electron chi connectivity index (χ1n) is 9.14. The SMILES string of the molecule is N#Cc1cnc2ccc(C(=O)c3c(F)ccc(NC(=O)c4cccc(F)c4)c3F)cc2n1. The Morgan fingerprint density at radius 2 is 1.75 bits per heavy atom. The van der Waals surface area contributed by atoms with E-state index in [0.29, 0.717) is 5.52 Å². The monoisotopic (exact) mass is 432 g/mol. The fraction of sp³-hybridized carbons (Fsp3) is 0. The number of aromatic nitrogens is 2. The van der Waals surface area contributed by atoms with E-state index in [9.17, 15) is 18.4 Å². The smallest absolute Gasteiger partial charge is 0.255 e. The first-order valence-corrected chi connectivity index (χ1v) is 9.14. The molecule has 4 rings (SSSR count). The Balaban J connectivity index is 1.71. The molecule has 0 bridgehead atoms. The average Bonchev–Trinajstić information content (AvgIpc) is 2.80. The molecule has 1 heterocycles. The highest BCUT2D eigenvalue weighted by molar-refractivity contribution is 6.12. The fourth-order valence-electron chi connectivity index (χ4n) is 3.03. The summed E-state index contributed by atoms with van der Waals surface area (Å²) in [5.74, 6) is -4.90. The van der Waals surface area contributed by atoms with Gasteiger partial charge < -0.3 is 5.32 Å². The zero-order valence-corrected chi connectivity index (χ0v) is 16.1. The summed E-state index contributed by atoms with van der Waals surface area (Å²) in [6.45, 7) is 0. The van der Waals surface area contributed by atoms with Crippen molar-refractivity contribution >= 4 is 28.4 Å². The zero-order valence-electron chi connectivity index (χ0n) is 16.1. The average molecular weight is 432 g/mol. The standard InChI is InChI=1S/C23H11F3N4O2/c24-14-3-1-2-13(8-14)23(32)30-18-7-5-16(25)20(21(18)26)22(31)12-4-6-17-19(9-12)29-15(10-27)11-28-17/h1-9,11H,(H,30,32). The highest BCUT2D eigenvalue weighted by atomic mass is 19.1. The van der Waals surface area contributed by atoms with Crippen LogP contribution >= 0.6 is 0 Å². The van der Waals surface area contributed by atoms with Gasteiger partial charge in [-0.15, -0.1) is 0 Å². The van der Waals surface area contributed by atoms with Crippen molar-refractivity contribution in [3.8, 4) is 6.07 Å². The van der Waals surface area contributed by atoms with Crippen molar-refractivity contribution < 1.29 is 22.8 Å². The summed E-state index contributed by atoms with van der Waals surface area (Å²) >= 11 is 0. The number of hydrogen-bond donors (Lipinski definition) is 1. The number of nitriles is 1. The molecule has 0 aliphatic rings. The van der Waals surface area contributed by atoms with Gasteiger partial charge in [-0.3, -0.25) is 14.6 Å². The number of rotatable bonds is 4. The maximum absolute atomic E-state index is 15.0. The van der Waals surface area contributed by atoms with E-state index in [1.807, 2.05) is 6.07 Å². The molecule has 9 heteroatoms. The van der Waals surface area contributed by atoms with Crippen LogP contribution in [0.3, 0.4) is 0 Å². The Bertz CT molecular complexity index is 1450. The van der Waals surface area contributed by atoms with Crippen LogP contribution in [0, 0.1) is 28.8 Å². The summed E-state index contributed by atoms with van der Waals surface area (Å²) < 4.78 is 42.8. The van der Waals surface area contributed by atoms with Crippen LogP contribution in [-0.2, 0) is 0 Å². The van der Waals surface area contributed by atoms with Gasteiger partial charge in [-0.05, 0) is 48.5 Å². The van der Waals surface area contributed by atoms with E-state index < -0.39 is 40.4 Å². The van der Waals surface area contributed by atoms with Crippen molar-refractivity contribution in [2.75, 3.05) is 5.32 Å². The molecule has 0 fully saturated rings. The fourth-order valence-corrected chi connectivity index (χ4v) is 3.03. The number of fused-ring (bicyclic) bond motifs is 1. The lowest BCUT2D eigenvalue weighted by Gasteiger charge is -2.11. The lowest BCUT2D eigenvalue weighted by molar-refractivity contribution is 0.101. The molecule has 32 heavy (non-hydrogen) atoms. The summed E-state index contributed by atoms with van der Waals surface area (Å²) in [5.41, 5.74) is -0.899. The molecule has 3 aromatic carbocycles. The van der Waals surface area contributed by atoms with Crippen molar-refractivity contribution in [2.45, 2.75) is 0 Å². The van der Waals surface area contributed by atoms with Crippen molar-refractivity contribution in [3.05, 3.63) is 101 Å². The van der Waals surface area contributed by atoms with Gasteiger partial charge in [0.1, 0.15) is 17.7 Å². The molecule has 4 aromatic rings. The van der Waals surface area contributed by atoms with Crippen LogP contribution in [0.15, 0.2) is 60.8 Å². The first-order chi connectivity index (χ1) is 15.4. The number of carbonyl (C=O) groups excluding carboxylic acids is 2. The number of hydrogen-bond acceptors (Lipinski definition) is 5. The molecule has 0 atom stereocenters. The number of nitrogens with zero attached hydrogens (tertiary/aromatic N) is 3. The maximum atomic E-state index is 15.0. The van der Waals surface area contributed by atoms with Crippen LogP contribution in [0.2, 0.25) is 0 Å². The summed E-state index contributed by atoms with van der Waals surface area (Å²) in [6.07, 6.45) is 1.26. The molecule has 6 nitrogen and oxygen atoms in total. The molecule has 1 amide bonds. The minimum Gasteiger partial charge on any atom is -0.319 e. The van der Waals surface area contributed by atoms with Crippen molar-refractivity contribution in [3.63, 3.8) is 0 Å². The number of benzene rings is 3. The van der Waals surface area contributed by atoms with Gasteiger partial charge in [0.2, 0.25) is 0 Å². The zero-order chi connectivity index (χ0) is 22.8. The highest BCUT2D eigenvalue weighted by Crippen LogP contribution is 2.25. The Labute approximate surface area is 179 Å². The van der Waals surface area contributed by atoms with E-state index in [0.717, 1.165) is 24.3 Å². The highest BCUT2D eigenvalue weighted by Gasteiger charge is 2.23.